The summed E-state index contributed by atoms with van der Waals surface area (Å²) in [6.07, 6.45) is 8.09. The molecule has 0 aromatic carbocycles. The molecule has 0 unspecified atom stereocenters. The Morgan fingerprint density at radius 1 is 1.43 bits per heavy atom. The minimum absolute atomic E-state index is 0.0102. The molecule has 1 aromatic rings. The lowest BCUT2D eigenvalue weighted by Crippen LogP contribution is -2.39. The topological polar surface area (TPSA) is 50.6 Å². The Balaban J connectivity index is 1.59. The van der Waals surface area contributed by atoms with Crippen LogP contribution in [-0.2, 0) is 4.74 Å². The average Bonchev–Trinajstić information content (AvgIpc) is 3.27. The van der Waals surface area contributed by atoms with E-state index in [1.165, 1.54) is 25.7 Å². The van der Waals surface area contributed by atoms with Crippen molar-refractivity contribution in [3.63, 3.8) is 0 Å². The highest BCUT2D eigenvalue weighted by molar-refractivity contribution is 5.92. The first-order chi connectivity index (χ1) is 11.1. The lowest BCUT2D eigenvalue weighted by Gasteiger charge is -2.25. The summed E-state index contributed by atoms with van der Waals surface area (Å²) >= 11 is 0. The fourth-order valence-electron chi connectivity index (χ4n) is 3.83. The highest BCUT2D eigenvalue weighted by Gasteiger charge is 2.31. The molecule has 0 N–H and O–H groups in total. The molecule has 0 radical (unpaired) electrons. The number of likely N-dealkylation sites (tertiary alicyclic amines) is 1. The highest BCUT2D eigenvalue weighted by Crippen LogP contribution is 2.28. The molecule has 23 heavy (non-hydrogen) atoms. The second kappa shape index (κ2) is 7.01. The molecule has 128 valence electrons. The highest BCUT2D eigenvalue weighted by atomic mass is 16.5. The number of ether oxygens (including phenoxy) is 1. The van der Waals surface area contributed by atoms with E-state index in [9.17, 15) is 4.79 Å². The second-order valence-electron chi connectivity index (χ2n) is 6.99. The minimum atomic E-state index is 0.0102. The van der Waals surface area contributed by atoms with Crippen LogP contribution < -0.4 is 0 Å². The molecule has 6 heteroatoms. The third kappa shape index (κ3) is 3.58. The quantitative estimate of drug-likeness (QED) is 0.830. The monoisotopic (exact) mass is 320 g/mol. The van der Waals surface area contributed by atoms with Gasteiger partial charge in [0.2, 0.25) is 0 Å². The van der Waals surface area contributed by atoms with E-state index < -0.39 is 0 Å². The number of methoxy groups -OCH3 is 1. The molecule has 3 rings (SSSR count). The zero-order valence-corrected chi connectivity index (χ0v) is 14.4. The van der Waals surface area contributed by atoms with Gasteiger partial charge in [-0.05, 0) is 32.4 Å². The normalized spacial score (nSPS) is 26.0. The maximum atomic E-state index is 12.6. The summed E-state index contributed by atoms with van der Waals surface area (Å²) in [6, 6.07) is 2.68. The lowest BCUT2D eigenvalue weighted by molar-refractivity contribution is 0.0753. The van der Waals surface area contributed by atoms with Gasteiger partial charge in [0, 0.05) is 39.5 Å². The Bertz CT molecular complexity index is 538. The number of amides is 1. The van der Waals surface area contributed by atoms with Crippen LogP contribution in [0.15, 0.2) is 12.3 Å². The van der Waals surface area contributed by atoms with Gasteiger partial charge in [-0.25, -0.2) is 0 Å². The third-order valence-electron chi connectivity index (χ3n) is 5.34. The Kier molecular flexibility index (Phi) is 5.02. The van der Waals surface area contributed by atoms with Crippen LogP contribution in [0.1, 0.15) is 48.6 Å². The molecule has 2 fully saturated rings. The smallest absolute Gasteiger partial charge is 0.274 e. The largest absolute Gasteiger partial charge is 0.380 e. The first-order valence-electron chi connectivity index (χ1n) is 8.62. The molecule has 1 aliphatic heterocycles. The van der Waals surface area contributed by atoms with Crippen LogP contribution in [0.25, 0.3) is 0 Å². The van der Waals surface area contributed by atoms with Crippen molar-refractivity contribution in [2.45, 2.75) is 50.3 Å². The van der Waals surface area contributed by atoms with E-state index in [1.54, 1.807) is 12.0 Å². The van der Waals surface area contributed by atoms with Gasteiger partial charge in [-0.2, -0.15) is 5.10 Å². The van der Waals surface area contributed by atoms with Crippen LogP contribution in [0.3, 0.4) is 0 Å². The third-order valence-corrected chi connectivity index (χ3v) is 5.34. The number of hydrogen-bond acceptors (Lipinski definition) is 4. The molecule has 1 amide bonds. The first kappa shape index (κ1) is 16.5. The summed E-state index contributed by atoms with van der Waals surface area (Å²) in [5, 5.41) is 4.53. The summed E-state index contributed by atoms with van der Waals surface area (Å²) in [5.41, 5.74) is 0.559. The number of carbonyl (C=O) groups is 1. The van der Waals surface area contributed by atoms with Crippen LogP contribution in [0.5, 0.6) is 0 Å². The molecule has 2 heterocycles. The van der Waals surface area contributed by atoms with Crippen molar-refractivity contribution in [3.05, 3.63) is 18.0 Å². The summed E-state index contributed by atoms with van der Waals surface area (Å²) in [4.78, 5) is 16.7. The van der Waals surface area contributed by atoms with Crippen LogP contribution in [-0.4, -0.2) is 71.9 Å². The summed E-state index contributed by atoms with van der Waals surface area (Å²) in [5.74, 6) is 0.0102. The fourth-order valence-corrected chi connectivity index (χ4v) is 3.83. The van der Waals surface area contributed by atoms with E-state index in [2.05, 4.69) is 17.0 Å². The van der Waals surface area contributed by atoms with Crippen molar-refractivity contribution >= 4 is 5.91 Å². The summed E-state index contributed by atoms with van der Waals surface area (Å²) < 4.78 is 7.42. The average molecular weight is 320 g/mol. The van der Waals surface area contributed by atoms with Gasteiger partial charge in [-0.3, -0.25) is 14.4 Å². The van der Waals surface area contributed by atoms with Gasteiger partial charge in [-0.15, -0.1) is 0 Å². The van der Waals surface area contributed by atoms with Crippen LogP contribution in [0.2, 0.25) is 0 Å². The Morgan fingerprint density at radius 2 is 2.17 bits per heavy atom. The predicted molar refractivity (Wildman–Crippen MR) is 88.5 cm³/mol. The van der Waals surface area contributed by atoms with E-state index >= 15 is 0 Å². The maximum absolute atomic E-state index is 12.6. The Labute approximate surface area is 138 Å². The van der Waals surface area contributed by atoms with Crippen molar-refractivity contribution in [1.82, 2.24) is 19.6 Å². The molecule has 1 aromatic heterocycles. The van der Waals surface area contributed by atoms with E-state index in [-0.39, 0.29) is 12.0 Å². The van der Waals surface area contributed by atoms with E-state index in [0.29, 0.717) is 24.3 Å². The molecule has 6 nitrogen and oxygen atoms in total. The van der Waals surface area contributed by atoms with Gasteiger partial charge in [-0.1, -0.05) is 12.8 Å². The van der Waals surface area contributed by atoms with Gasteiger partial charge in [0.05, 0.1) is 12.1 Å². The van der Waals surface area contributed by atoms with Crippen LogP contribution in [0.4, 0.5) is 0 Å². The molecule has 0 spiro atoms. The summed E-state index contributed by atoms with van der Waals surface area (Å²) in [6.45, 7) is 1.64. The van der Waals surface area contributed by atoms with Gasteiger partial charge in [0.25, 0.3) is 5.91 Å². The SMILES string of the molecule is CO[C@H]1C[C@@H](CN(C)C(=O)c2ccn(C3CCCC3)n2)N(C)C1. The van der Waals surface area contributed by atoms with Crippen LogP contribution >= 0.6 is 0 Å². The molecule has 2 aliphatic rings. The van der Waals surface area contributed by atoms with E-state index in [4.69, 9.17) is 4.74 Å². The molecular weight excluding hydrogens is 292 g/mol. The maximum Gasteiger partial charge on any atom is 0.274 e. The lowest BCUT2D eigenvalue weighted by atomic mass is 10.2. The number of carbonyl (C=O) groups excluding carboxylic acids is 1. The van der Waals surface area contributed by atoms with E-state index in [1.807, 2.05) is 24.0 Å². The molecule has 1 aliphatic carbocycles. The minimum Gasteiger partial charge on any atom is -0.380 e. The van der Waals surface area contributed by atoms with Gasteiger partial charge in [0.15, 0.2) is 0 Å². The van der Waals surface area contributed by atoms with Crippen molar-refractivity contribution in [2.24, 2.45) is 0 Å². The molecule has 2 atom stereocenters. The van der Waals surface area contributed by atoms with Gasteiger partial charge < -0.3 is 9.64 Å². The van der Waals surface area contributed by atoms with E-state index in [0.717, 1.165) is 13.0 Å². The number of likely N-dealkylation sites (N-methyl/N-ethyl adjacent to an activating group) is 2. The second-order valence-corrected chi connectivity index (χ2v) is 6.99. The van der Waals surface area contributed by atoms with Crippen LogP contribution in [0, 0.1) is 0 Å². The van der Waals surface area contributed by atoms with Gasteiger partial charge >= 0.3 is 0 Å². The Hall–Kier alpha value is -1.40. The molecular formula is C17H28N4O2. The number of hydrogen-bond donors (Lipinski definition) is 0. The Morgan fingerprint density at radius 3 is 2.83 bits per heavy atom. The predicted octanol–water partition coefficient (Wildman–Crippen LogP) is 1.79. The molecule has 1 saturated carbocycles. The van der Waals surface area contributed by atoms with Crippen molar-refractivity contribution < 1.29 is 9.53 Å². The molecule has 1 saturated heterocycles. The molecule has 0 bridgehead atoms. The zero-order valence-electron chi connectivity index (χ0n) is 14.4. The first-order valence-corrected chi connectivity index (χ1v) is 8.62. The van der Waals surface area contributed by atoms with Gasteiger partial charge in [0.1, 0.15) is 5.69 Å². The fraction of sp³-hybridized carbons (Fsp3) is 0.765. The van der Waals surface area contributed by atoms with Crippen molar-refractivity contribution in [3.8, 4) is 0 Å². The summed E-state index contributed by atoms with van der Waals surface area (Å²) in [7, 11) is 5.72. The van der Waals surface area contributed by atoms with Crippen molar-refractivity contribution in [2.75, 3.05) is 34.3 Å². The number of aromatic nitrogens is 2. The zero-order chi connectivity index (χ0) is 16.4. The van der Waals surface area contributed by atoms with Crippen molar-refractivity contribution in [1.29, 1.82) is 0 Å². The number of nitrogens with zero attached hydrogens (tertiary/aromatic N) is 4. The standard InChI is InChI=1S/C17H28N4O2/c1-19-12-15(23-3)10-14(19)11-20(2)17(22)16-8-9-21(18-16)13-6-4-5-7-13/h8-9,13-15H,4-7,10-12H2,1-3H3/t14-,15-/m0/s1. The number of rotatable bonds is 5.